The van der Waals surface area contributed by atoms with Gasteiger partial charge in [0, 0.05) is 12.0 Å². The fourth-order valence-electron chi connectivity index (χ4n) is 12.4. The summed E-state index contributed by atoms with van der Waals surface area (Å²) < 4.78 is 36.8. The van der Waals surface area contributed by atoms with Gasteiger partial charge in [0.15, 0.2) is 0 Å². The lowest BCUT2D eigenvalue weighted by molar-refractivity contribution is 0.150. The van der Waals surface area contributed by atoms with Gasteiger partial charge in [-0.2, -0.15) is 13.1 Å². The van der Waals surface area contributed by atoms with Crippen molar-refractivity contribution < 1.29 is 13.0 Å². The Balaban J connectivity index is 1.06. The van der Waals surface area contributed by atoms with Gasteiger partial charge in [0.05, 0.1) is 49.3 Å². The maximum atomic E-state index is 12.1. The molecule has 5 saturated heterocycles. The molecule has 4 aliphatic carbocycles. The third kappa shape index (κ3) is 5.63. The summed E-state index contributed by atoms with van der Waals surface area (Å²) in [5.41, 5.74) is 0. The van der Waals surface area contributed by atoms with Crippen LogP contribution in [0.5, 0.6) is 0 Å². The van der Waals surface area contributed by atoms with E-state index < -0.39 is 10.3 Å². The molecule has 254 valence electrons. The van der Waals surface area contributed by atoms with Crippen molar-refractivity contribution in [2.75, 3.05) is 0 Å². The van der Waals surface area contributed by atoms with Crippen LogP contribution in [-0.2, 0) is 10.3 Å². The molecular formula is C32H57N9O3S. The van der Waals surface area contributed by atoms with Gasteiger partial charge in [0.1, 0.15) is 0 Å². The van der Waals surface area contributed by atoms with Crippen LogP contribution in [-0.4, -0.2) is 68.3 Å². The van der Waals surface area contributed by atoms with Gasteiger partial charge < -0.3 is 0 Å². The first-order chi connectivity index (χ1) is 21.9. The largest absolute Gasteiger partial charge is 0.333 e. The van der Waals surface area contributed by atoms with E-state index in [0.29, 0.717) is 47.8 Å². The van der Waals surface area contributed by atoms with Gasteiger partial charge in [-0.1, -0.05) is 44.9 Å². The molecule has 5 heterocycles. The smallest absolute Gasteiger partial charge is 0.286 e. The minimum atomic E-state index is -4.30. The van der Waals surface area contributed by atoms with Crippen molar-refractivity contribution in [1.82, 2.24) is 47.3 Å². The molecule has 9 fully saturated rings. The van der Waals surface area contributed by atoms with Crippen molar-refractivity contribution in [1.29, 1.82) is 0 Å². The second kappa shape index (κ2) is 12.2. The molecule has 12 nitrogen and oxygen atoms in total. The van der Waals surface area contributed by atoms with Gasteiger partial charge >= 0.3 is 10.3 Å². The predicted molar refractivity (Wildman–Crippen MR) is 171 cm³/mol. The minimum Gasteiger partial charge on any atom is -0.286 e. The van der Waals surface area contributed by atoms with Crippen LogP contribution in [0.25, 0.3) is 0 Å². The molecule has 17 atom stereocenters. The van der Waals surface area contributed by atoms with Crippen LogP contribution in [0.4, 0.5) is 0 Å². The first kappa shape index (κ1) is 30.6. The van der Waals surface area contributed by atoms with E-state index in [9.17, 15) is 13.0 Å². The number of hydrogen-bond acceptors (Lipinski definition) is 10. The topological polar surface area (TPSA) is 163 Å². The van der Waals surface area contributed by atoms with Crippen LogP contribution in [0.3, 0.4) is 0 Å². The summed E-state index contributed by atoms with van der Waals surface area (Å²) in [5, 5.41) is 32.8. The summed E-state index contributed by atoms with van der Waals surface area (Å²) in [6.07, 6.45) is 19.7. The van der Waals surface area contributed by atoms with E-state index >= 15 is 0 Å². The number of hydrogen-bond donors (Lipinski definition) is 10. The standard InChI is InChI=1S/C32H57N9O3S/c42-45(43,44)41-23-15-7-14-22-24(23)32-39-30-21-13-6-5-12-20(21)28(37-30)35-26-17-9-2-1-8-16(17)25(33-26)34-27-18-10-3-4-11-19(18)29(36-27)38-31(22)40-32/h16-41H,1-15H2,(H,42,43,44). The molecule has 0 radical (unpaired) electrons. The highest BCUT2D eigenvalue weighted by Crippen LogP contribution is 2.45. The Hall–Kier alpha value is -0.450. The third-order valence-corrected chi connectivity index (χ3v) is 14.8. The molecule has 0 aromatic heterocycles. The second-order valence-corrected chi connectivity index (χ2v) is 17.5. The predicted octanol–water partition coefficient (Wildman–Crippen LogP) is 0.977. The van der Waals surface area contributed by atoms with Crippen molar-refractivity contribution in [3.8, 4) is 0 Å². The molecule has 5 aliphatic heterocycles. The summed E-state index contributed by atoms with van der Waals surface area (Å²) in [6.45, 7) is 0. The average molecular weight is 648 g/mol. The molecular weight excluding hydrogens is 590 g/mol. The Bertz CT molecular complexity index is 1190. The molecule has 13 heteroatoms. The zero-order valence-electron chi connectivity index (χ0n) is 26.6. The molecule has 0 aromatic rings. The molecule has 9 rings (SSSR count). The van der Waals surface area contributed by atoms with Crippen LogP contribution in [0.15, 0.2) is 0 Å². The van der Waals surface area contributed by atoms with Crippen LogP contribution < -0.4 is 47.3 Å². The van der Waals surface area contributed by atoms with E-state index in [1.54, 1.807) is 0 Å². The molecule has 0 aromatic carbocycles. The molecule has 45 heavy (non-hydrogen) atoms. The summed E-state index contributed by atoms with van der Waals surface area (Å²) in [4.78, 5) is 0. The van der Waals surface area contributed by atoms with Crippen molar-refractivity contribution in [2.45, 2.75) is 152 Å². The summed E-state index contributed by atoms with van der Waals surface area (Å²) in [7, 11) is -4.30. The van der Waals surface area contributed by atoms with E-state index in [4.69, 9.17) is 0 Å². The highest BCUT2D eigenvalue weighted by Gasteiger charge is 2.55. The van der Waals surface area contributed by atoms with E-state index in [1.165, 1.54) is 77.0 Å². The van der Waals surface area contributed by atoms with Crippen molar-refractivity contribution in [3.63, 3.8) is 0 Å². The Labute approximate surface area is 269 Å². The van der Waals surface area contributed by atoms with Gasteiger partial charge in [-0.25, -0.2) is 0 Å². The highest BCUT2D eigenvalue weighted by atomic mass is 32.2. The van der Waals surface area contributed by atoms with Crippen molar-refractivity contribution in [3.05, 3.63) is 0 Å². The Morgan fingerprint density at radius 3 is 1.02 bits per heavy atom. The molecule has 0 amide bonds. The Morgan fingerprint density at radius 1 is 0.400 bits per heavy atom. The quantitative estimate of drug-likeness (QED) is 0.195. The fourth-order valence-corrected chi connectivity index (χ4v) is 13.0. The van der Waals surface area contributed by atoms with Crippen LogP contribution >= 0.6 is 0 Å². The zero-order chi connectivity index (χ0) is 30.3. The van der Waals surface area contributed by atoms with E-state index in [2.05, 4.69) is 47.3 Å². The summed E-state index contributed by atoms with van der Waals surface area (Å²) >= 11 is 0. The maximum absolute atomic E-state index is 12.1. The average Bonchev–Trinajstić information content (AvgIpc) is 3.76. The van der Waals surface area contributed by atoms with E-state index in [0.717, 1.165) is 19.3 Å². The first-order valence-electron chi connectivity index (χ1n) is 18.7. The van der Waals surface area contributed by atoms with Crippen molar-refractivity contribution in [2.24, 2.45) is 47.3 Å². The molecule has 8 bridgehead atoms. The number of nitrogens with one attached hydrogen (secondary N) is 9. The lowest BCUT2D eigenvalue weighted by Crippen LogP contribution is -2.62. The lowest BCUT2D eigenvalue weighted by Gasteiger charge is -2.39. The highest BCUT2D eigenvalue weighted by molar-refractivity contribution is 7.83. The van der Waals surface area contributed by atoms with Gasteiger partial charge in [-0.15, -0.1) is 0 Å². The van der Waals surface area contributed by atoms with Gasteiger partial charge in [-0.05, 0) is 92.8 Å². The van der Waals surface area contributed by atoms with E-state index in [1.807, 2.05) is 0 Å². The molecule has 9 aliphatic rings. The first-order valence-corrected chi connectivity index (χ1v) is 20.2. The summed E-state index contributed by atoms with van der Waals surface area (Å²) in [5.74, 6) is 3.91. The maximum Gasteiger partial charge on any atom is 0.333 e. The number of fused-ring (bicyclic) bond motifs is 20. The van der Waals surface area contributed by atoms with Gasteiger partial charge in [0.25, 0.3) is 0 Å². The SMILES string of the molecule is O=S(=O)(O)NC1CCCC2C3NC4NC(NC5NC(NC6NC(NC(N3)C12)C1CCCCC61)C1CCCCC51)C1CCCCC41. The molecule has 4 saturated carbocycles. The zero-order valence-corrected chi connectivity index (χ0v) is 27.4. The van der Waals surface area contributed by atoms with Crippen LogP contribution in [0, 0.1) is 47.3 Å². The van der Waals surface area contributed by atoms with Crippen molar-refractivity contribution >= 4 is 10.3 Å². The minimum absolute atomic E-state index is 0.0443. The fraction of sp³-hybridized carbons (Fsp3) is 1.00. The lowest BCUT2D eigenvalue weighted by atomic mass is 9.75. The normalized spacial score (nSPS) is 54.6. The molecule has 0 spiro atoms. The Morgan fingerprint density at radius 2 is 0.689 bits per heavy atom. The van der Waals surface area contributed by atoms with Gasteiger partial charge in [-0.3, -0.25) is 47.1 Å². The van der Waals surface area contributed by atoms with E-state index in [-0.39, 0.29) is 54.9 Å². The Kier molecular flexibility index (Phi) is 8.26. The van der Waals surface area contributed by atoms with Crippen LogP contribution in [0.2, 0.25) is 0 Å². The molecule has 17 unspecified atom stereocenters. The molecule has 10 N–H and O–H groups in total. The number of rotatable bonds is 2. The third-order valence-electron chi connectivity index (χ3n) is 14.2. The van der Waals surface area contributed by atoms with Crippen LogP contribution in [0.1, 0.15) is 96.3 Å². The monoisotopic (exact) mass is 647 g/mol. The summed E-state index contributed by atoms with van der Waals surface area (Å²) in [6, 6.07) is -0.299. The second-order valence-electron chi connectivity index (χ2n) is 16.4. The van der Waals surface area contributed by atoms with Gasteiger partial charge in [0.2, 0.25) is 0 Å².